The maximum atomic E-state index is 13.3. The standard InChI is InChI=1S/C37H42O6/c1-26(2)42-36(38)15-9-12-28-16-21-32-33(25-40-23-27-10-5-3-6-11-27)35(22-34(32)41-24-28)43-37(39)31-19-17-30(18-20-31)29-13-7-4-8-14-29/h3-8,10-11,13-14,16-20,26,32-35H,9,12,15,21-25H2,1-2H3/t32-,33-,34+,35-/m1/s1. The van der Waals surface area contributed by atoms with Crippen LogP contribution in [0.5, 0.6) is 0 Å². The molecule has 1 aliphatic carbocycles. The second kappa shape index (κ2) is 15.1. The van der Waals surface area contributed by atoms with Crippen molar-refractivity contribution in [3.8, 4) is 11.1 Å². The van der Waals surface area contributed by atoms with Crippen molar-refractivity contribution in [2.75, 3.05) is 13.2 Å². The fourth-order valence-electron chi connectivity index (χ4n) is 6.07. The maximum Gasteiger partial charge on any atom is 0.338 e. The molecule has 0 spiro atoms. The monoisotopic (exact) mass is 582 g/mol. The molecule has 3 aromatic carbocycles. The lowest BCUT2D eigenvalue weighted by atomic mass is 9.90. The normalized spacial score (nSPS) is 21.5. The van der Waals surface area contributed by atoms with Gasteiger partial charge in [-0.1, -0.05) is 78.9 Å². The first kappa shape index (κ1) is 30.7. The van der Waals surface area contributed by atoms with Gasteiger partial charge in [0.15, 0.2) is 0 Å². The van der Waals surface area contributed by atoms with Crippen molar-refractivity contribution >= 4 is 11.9 Å². The zero-order valence-electron chi connectivity index (χ0n) is 25.2. The molecular weight excluding hydrogens is 540 g/mol. The highest BCUT2D eigenvalue weighted by atomic mass is 16.6. The summed E-state index contributed by atoms with van der Waals surface area (Å²) in [7, 11) is 0. The second-order valence-electron chi connectivity index (χ2n) is 11.8. The van der Waals surface area contributed by atoms with Crippen LogP contribution < -0.4 is 0 Å². The number of rotatable bonds is 12. The van der Waals surface area contributed by atoms with E-state index in [9.17, 15) is 9.59 Å². The minimum absolute atomic E-state index is 0.0119. The molecule has 1 fully saturated rings. The summed E-state index contributed by atoms with van der Waals surface area (Å²) in [5.41, 5.74) is 5.02. The van der Waals surface area contributed by atoms with E-state index in [-0.39, 0.29) is 42.1 Å². The molecule has 3 aromatic rings. The third kappa shape index (κ3) is 8.65. The van der Waals surface area contributed by atoms with Crippen LogP contribution in [-0.2, 0) is 30.3 Å². The Labute approximate surface area is 255 Å². The molecule has 0 unspecified atom stereocenters. The zero-order chi connectivity index (χ0) is 30.0. The Kier molecular flexibility index (Phi) is 10.8. The number of carbonyl (C=O) groups excluding carboxylic acids is 2. The van der Waals surface area contributed by atoms with Gasteiger partial charge in [0.05, 0.1) is 37.6 Å². The van der Waals surface area contributed by atoms with Crippen LogP contribution in [0.1, 0.15) is 61.9 Å². The van der Waals surface area contributed by atoms with E-state index in [0.717, 1.165) is 36.0 Å². The third-order valence-corrected chi connectivity index (χ3v) is 8.29. The van der Waals surface area contributed by atoms with Crippen LogP contribution in [-0.4, -0.2) is 43.5 Å². The predicted octanol–water partition coefficient (Wildman–Crippen LogP) is 7.57. The Morgan fingerprint density at radius 2 is 1.60 bits per heavy atom. The van der Waals surface area contributed by atoms with Gasteiger partial charge in [-0.2, -0.15) is 0 Å². The average molecular weight is 583 g/mol. The summed E-state index contributed by atoms with van der Waals surface area (Å²) in [4.78, 5) is 25.2. The Hall–Kier alpha value is -3.74. The summed E-state index contributed by atoms with van der Waals surface area (Å²) in [5.74, 6) is -0.286. The lowest BCUT2D eigenvalue weighted by Crippen LogP contribution is -2.30. The Morgan fingerprint density at radius 3 is 2.33 bits per heavy atom. The second-order valence-corrected chi connectivity index (χ2v) is 11.8. The number of ether oxygens (including phenoxy) is 4. The number of allylic oxidation sites excluding steroid dienone is 1. The Bertz CT molecular complexity index is 1350. The van der Waals surface area contributed by atoms with Gasteiger partial charge in [-0.05, 0) is 73.4 Å². The highest BCUT2D eigenvalue weighted by Crippen LogP contribution is 2.41. The molecule has 0 bridgehead atoms. The van der Waals surface area contributed by atoms with Crippen molar-refractivity contribution in [2.24, 2.45) is 11.8 Å². The van der Waals surface area contributed by atoms with Gasteiger partial charge in [0.2, 0.25) is 0 Å². The summed E-state index contributed by atoms with van der Waals surface area (Å²) < 4.78 is 24.0. The summed E-state index contributed by atoms with van der Waals surface area (Å²) in [6.45, 7) is 5.24. The van der Waals surface area contributed by atoms with E-state index in [0.29, 0.717) is 38.2 Å². The molecule has 1 aliphatic heterocycles. The van der Waals surface area contributed by atoms with E-state index in [1.54, 1.807) is 0 Å². The van der Waals surface area contributed by atoms with Gasteiger partial charge in [0.25, 0.3) is 0 Å². The topological polar surface area (TPSA) is 71.1 Å². The minimum Gasteiger partial charge on any atom is -0.463 e. The molecule has 0 N–H and O–H groups in total. The number of hydrogen-bond donors (Lipinski definition) is 0. The molecule has 226 valence electrons. The van der Waals surface area contributed by atoms with E-state index >= 15 is 0 Å². The summed E-state index contributed by atoms with van der Waals surface area (Å²) in [6.07, 6.45) is 5.26. The zero-order valence-corrected chi connectivity index (χ0v) is 25.2. The van der Waals surface area contributed by atoms with Crippen molar-refractivity contribution < 1.29 is 28.5 Å². The van der Waals surface area contributed by atoms with Crippen LogP contribution in [0, 0.1) is 11.8 Å². The number of carbonyl (C=O) groups is 2. The van der Waals surface area contributed by atoms with Crippen LogP contribution in [0.4, 0.5) is 0 Å². The molecule has 4 atom stereocenters. The van der Waals surface area contributed by atoms with E-state index in [1.165, 1.54) is 5.57 Å². The molecular formula is C37H42O6. The molecule has 1 saturated carbocycles. The highest BCUT2D eigenvalue weighted by molar-refractivity contribution is 5.90. The largest absolute Gasteiger partial charge is 0.463 e. The minimum atomic E-state index is -0.321. The van der Waals surface area contributed by atoms with E-state index in [1.807, 2.05) is 74.5 Å². The van der Waals surface area contributed by atoms with Crippen LogP contribution in [0.25, 0.3) is 11.1 Å². The smallest absolute Gasteiger partial charge is 0.338 e. The molecule has 2 aliphatic rings. The fourth-order valence-corrected chi connectivity index (χ4v) is 6.07. The van der Waals surface area contributed by atoms with Crippen LogP contribution in [0.15, 0.2) is 96.6 Å². The number of esters is 2. The molecule has 0 aromatic heterocycles. The molecule has 0 radical (unpaired) electrons. The first-order chi connectivity index (χ1) is 21.0. The van der Waals surface area contributed by atoms with Crippen molar-refractivity contribution in [3.63, 3.8) is 0 Å². The molecule has 43 heavy (non-hydrogen) atoms. The molecule has 6 nitrogen and oxygen atoms in total. The lowest BCUT2D eigenvalue weighted by Gasteiger charge is -2.25. The van der Waals surface area contributed by atoms with Gasteiger partial charge in [0, 0.05) is 18.8 Å². The van der Waals surface area contributed by atoms with Crippen molar-refractivity contribution in [1.82, 2.24) is 0 Å². The van der Waals surface area contributed by atoms with E-state index in [4.69, 9.17) is 18.9 Å². The van der Waals surface area contributed by atoms with Crippen molar-refractivity contribution in [3.05, 3.63) is 108 Å². The van der Waals surface area contributed by atoms with Crippen LogP contribution in [0.2, 0.25) is 0 Å². The highest BCUT2D eigenvalue weighted by Gasteiger charge is 2.46. The first-order valence-electron chi connectivity index (χ1n) is 15.4. The summed E-state index contributed by atoms with van der Waals surface area (Å²) >= 11 is 0. The van der Waals surface area contributed by atoms with Crippen molar-refractivity contribution in [2.45, 2.75) is 70.9 Å². The first-order valence-corrected chi connectivity index (χ1v) is 15.4. The third-order valence-electron chi connectivity index (χ3n) is 8.29. The lowest BCUT2D eigenvalue weighted by molar-refractivity contribution is -0.147. The molecule has 1 heterocycles. The number of hydrogen-bond acceptors (Lipinski definition) is 6. The van der Waals surface area contributed by atoms with Gasteiger partial charge >= 0.3 is 11.9 Å². The SMILES string of the molecule is CC(C)OC(=O)CCCC1=CC[C@@H]2[C@@H](COCc3ccccc3)[C@H](OC(=O)c3ccc(-c4ccccc4)cc3)C[C@@H]2OC1. The molecule has 5 rings (SSSR count). The molecule has 0 saturated heterocycles. The molecule has 0 amide bonds. The number of benzene rings is 3. The van der Waals surface area contributed by atoms with Gasteiger partial charge in [-0.25, -0.2) is 4.79 Å². The van der Waals surface area contributed by atoms with Crippen LogP contribution >= 0.6 is 0 Å². The maximum absolute atomic E-state index is 13.3. The molecule has 6 heteroatoms. The summed E-state index contributed by atoms with van der Waals surface area (Å²) in [5, 5.41) is 0. The van der Waals surface area contributed by atoms with Gasteiger partial charge in [-0.15, -0.1) is 0 Å². The average Bonchev–Trinajstić information content (AvgIpc) is 3.20. The fraction of sp³-hybridized carbons (Fsp3) is 0.405. The van der Waals surface area contributed by atoms with Crippen LogP contribution in [0.3, 0.4) is 0 Å². The van der Waals surface area contributed by atoms with Crippen molar-refractivity contribution in [1.29, 1.82) is 0 Å². The Balaban J connectivity index is 1.23. The van der Waals surface area contributed by atoms with Gasteiger partial charge in [0.1, 0.15) is 6.10 Å². The number of fused-ring (bicyclic) bond motifs is 1. The van der Waals surface area contributed by atoms with Gasteiger partial charge in [-0.3, -0.25) is 4.79 Å². The van der Waals surface area contributed by atoms with Gasteiger partial charge < -0.3 is 18.9 Å². The predicted molar refractivity (Wildman–Crippen MR) is 166 cm³/mol. The van der Waals surface area contributed by atoms with E-state index < -0.39 is 0 Å². The van der Waals surface area contributed by atoms with E-state index in [2.05, 4.69) is 30.3 Å². The Morgan fingerprint density at radius 1 is 0.907 bits per heavy atom. The summed E-state index contributed by atoms with van der Waals surface area (Å²) in [6, 6.07) is 27.8. The quantitative estimate of drug-likeness (QED) is 0.162.